The highest BCUT2D eigenvalue weighted by Crippen LogP contribution is 2.21. The molecule has 0 amide bonds. The Labute approximate surface area is 127 Å². The second-order valence-electron chi connectivity index (χ2n) is 4.43. The van der Waals surface area contributed by atoms with Crippen LogP contribution in [0.4, 0.5) is 0 Å². The average molecular weight is 336 g/mol. The standard InChI is InChI=1S/C15H18BrN3O/c1-3-17-13(8-11-5-4-6-12(16)7-11)14-9-15(20-2)19-10-18-14/h4-7,9-10,13,17H,3,8H2,1-2H3. The van der Waals surface area contributed by atoms with Crippen LogP contribution in [-0.4, -0.2) is 23.6 Å². The first-order valence-electron chi connectivity index (χ1n) is 6.56. The first-order chi connectivity index (χ1) is 9.72. The summed E-state index contributed by atoms with van der Waals surface area (Å²) in [6, 6.07) is 10.3. The summed E-state index contributed by atoms with van der Waals surface area (Å²) < 4.78 is 6.25. The molecule has 5 heteroatoms. The number of methoxy groups -OCH3 is 1. The Morgan fingerprint density at radius 3 is 2.85 bits per heavy atom. The van der Waals surface area contributed by atoms with Gasteiger partial charge in [0.25, 0.3) is 0 Å². The molecule has 0 saturated heterocycles. The number of aromatic nitrogens is 2. The number of hydrogen-bond acceptors (Lipinski definition) is 4. The fourth-order valence-corrected chi connectivity index (χ4v) is 2.53. The molecule has 106 valence electrons. The number of rotatable bonds is 6. The lowest BCUT2D eigenvalue weighted by atomic mass is 10.0. The van der Waals surface area contributed by atoms with E-state index in [1.807, 2.05) is 18.2 Å². The molecule has 1 aromatic carbocycles. The van der Waals surface area contributed by atoms with Gasteiger partial charge in [-0.1, -0.05) is 35.0 Å². The number of likely N-dealkylation sites (N-methyl/N-ethyl adjacent to an activating group) is 1. The normalized spacial score (nSPS) is 12.2. The largest absolute Gasteiger partial charge is 0.481 e. The van der Waals surface area contributed by atoms with E-state index in [-0.39, 0.29) is 6.04 Å². The lowest BCUT2D eigenvalue weighted by Gasteiger charge is -2.18. The zero-order valence-electron chi connectivity index (χ0n) is 11.6. The SMILES string of the molecule is CCNC(Cc1cccc(Br)c1)c1cc(OC)ncn1. The first kappa shape index (κ1) is 14.9. The van der Waals surface area contributed by atoms with Crippen LogP contribution in [0.25, 0.3) is 0 Å². The van der Waals surface area contributed by atoms with Gasteiger partial charge in [0.05, 0.1) is 18.8 Å². The molecule has 0 fully saturated rings. The Morgan fingerprint density at radius 1 is 1.30 bits per heavy atom. The van der Waals surface area contributed by atoms with Crippen molar-refractivity contribution in [3.8, 4) is 5.88 Å². The minimum absolute atomic E-state index is 0.145. The summed E-state index contributed by atoms with van der Waals surface area (Å²) in [5.74, 6) is 0.590. The van der Waals surface area contributed by atoms with Crippen LogP contribution in [0.3, 0.4) is 0 Å². The lowest BCUT2D eigenvalue weighted by Crippen LogP contribution is -2.24. The van der Waals surface area contributed by atoms with E-state index in [0.717, 1.165) is 23.1 Å². The van der Waals surface area contributed by atoms with Crippen molar-refractivity contribution >= 4 is 15.9 Å². The molecule has 1 atom stereocenters. The predicted molar refractivity (Wildman–Crippen MR) is 82.8 cm³/mol. The molecule has 0 aliphatic carbocycles. The fraction of sp³-hybridized carbons (Fsp3) is 0.333. The molecule has 0 bridgehead atoms. The van der Waals surface area contributed by atoms with Gasteiger partial charge in [-0.05, 0) is 30.7 Å². The number of halogens is 1. The van der Waals surface area contributed by atoms with Gasteiger partial charge in [-0.15, -0.1) is 0 Å². The maximum absolute atomic E-state index is 5.17. The maximum Gasteiger partial charge on any atom is 0.216 e. The maximum atomic E-state index is 5.17. The molecule has 0 saturated carbocycles. The molecule has 0 radical (unpaired) electrons. The number of nitrogens with zero attached hydrogens (tertiary/aromatic N) is 2. The van der Waals surface area contributed by atoms with Crippen molar-refractivity contribution in [3.05, 3.63) is 52.4 Å². The Morgan fingerprint density at radius 2 is 2.15 bits per heavy atom. The highest BCUT2D eigenvalue weighted by molar-refractivity contribution is 9.10. The van der Waals surface area contributed by atoms with Crippen molar-refractivity contribution in [2.45, 2.75) is 19.4 Å². The van der Waals surface area contributed by atoms with Crippen LogP contribution in [0.5, 0.6) is 5.88 Å². The molecule has 0 spiro atoms. The molecular formula is C15H18BrN3O. The lowest BCUT2D eigenvalue weighted by molar-refractivity contribution is 0.393. The van der Waals surface area contributed by atoms with Crippen LogP contribution in [0.15, 0.2) is 41.1 Å². The molecular weight excluding hydrogens is 318 g/mol. The summed E-state index contributed by atoms with van der Waals surface area (Å²) in [4.78, 5) is 8.41. The molecule has 0 aliphatic heterocycles. The molecule has 0 aliphatic rings. The summed E-state index contributed by atoms with van der Waals surface area (Å²) in [5.41, 5.74) is 2.20. The van der Waals surface area contributed by atoms with Gasteiger partial charge in [0.1, 0.15) is 6.33 Å². The first-order valence-corrected chi connectivity index (χ1v) is 7.36. The van der Waals surface area contributed by atoms with Crippen LogP contribution < -0.4 is 10.1 Å². The van der Waals surface area contributed by atoms with Gasteiger partial charge in [-0.25, -0.2) is 9.97 Å². The van der Waals surface area contributed by atoms with Gasteiger partial charge >= 0.3 is 0 Å². The summed E-state index contributed by atoms with van der Waals surface area (Å²) in [6.45, 7) is 2.97. The van der Waals surface area contributed by atoms with Gasteiger partial charge in [0.2, 0.25) is 5.88 Å². The van der Waals surface area contributed by atoms with E-state index in [4.69, 9.17) is 4.74 Å². The highest BCUT2D eigenvalue weighted by atomic mass is 79.9. The van der Waals surface area contributed by atoms with E-state index in [9.17, 15) is 0 Å². The van der Waals surface area contributed by atoms with Crippen molar-refractivity contribution in [1.82, 2.24) is 15.3 Å². The molecule has 1 N–H and O–H groups in total. The van der Waals surface area contributed by atoms with Crippen molar-refractivity contribution in [1.29, 1.82) is 0 Å². The third-order valence-corrected chi connectivity index (χ3v) is 3.50. The van der Waals surface area contributed by atoms with Gasteiger partial charge in [-0.2, -0.15) is 0 Å². The van der Waals surface area contributed by atoms with Crippen LogP contribution in [-0.2, 0) is 6.42 Å². The highest BCUT2D eigenvalue weighted by Gasteiger charge is 2.14. The Kier molecular flexibility index (Phi) is 5.49. The van der Waals surface area contributed by atoms with E-state index in [2.05, 4.69) is 50.3 Å². The van der Waals surface area contributed by atoms with Gasteiger partial charge < -0.3 is 10.1 Å². The van der Waals surface area contributed by atoms with Crippen molar-refractivity contribution in [3.63, 3.8) is 0 Å². The number of benzene rings is 1. The zero-order valence-corrected chi connectivity index (χ0v) is 13.2. The fourth-order valence-electron chi connectivity index (χ4n) is 2.08. The third-order valence-electron chi connectivity index (χ3n) is 3.01. The van der Waals surface area contributed by atoms with Crippen LogP contribution in [0.2, 0.25) is 0 Å². The second-order valence-corrected chi connectivity index (χ2v) is 5.35. The Bertz CT molecular complexity index is 562. The summed E-state index contributed by atoms with van der Waals surface area (Å²) in [6.07, 6.45) is 2.41. The van der Waals surface area contributed by atoms with Crippen molar-refractivity contribution in [2.24, 2.45) is 0 Å². The van der Waals surface area contributed by atoms with E-state index in [1.165, 1.54) is 5.56 Å². The van der Waals surface area contributed by atoms with Crippen LogP contribution in [0.1, 0.15) is 24.2 Å². The van der Waals surface area contributed by atoms with E-state index >= 15 is 0 Å². The smallest absolute Gasteiger partial charge is 0.216 e. The molecule has 1 unspecified atom stereocenters. The monoisotopic (exact) mass is 335 g/mol. The number of hydrogen-bond donors (Lipinski definition) is 1. The van der Waals surface area contributed by atoms with Crippen LogP contribution in [0, 0.1) is 0 Å². The molecule has 2 rings (SSSR count). The van der Waals surface area contributed by atoms with E-state index in [1.54, 1.807) is 13.4 Å². The third kappa shape index (κ3) is 4.02. The van der Waals surface area contributed by atoms with Gasteiger partial charge in [0.15, 0.2) is 0 Å². The molecule has 2 aromatic rings. The predicted octanol–water partition coefficient (Wildman–Crippen LogP) is 3.14. The molecule has 1 aromatic heterocycles. The Hall–Kier alpha value is -1.46. The Balaban J connectivity index is 2.21. The zero-order chi connectivity index (χ0) is 14.4. The van der Waals surface area contributed by atoms with Gasteiger partial charge in [-0.3, -0.25) is 0 Å². The van der Waals surface area contributed by atoms with Crippen molar-refractivity contribution < 1.29 is 4.74 Å². The minimum Gasteiger partial charge on any atom is -0.481 e. The quantitative estimate of drug-likeness (QED) is 0.880. The topological polar surface area (TPSA) is 47.0 Å². The second kappa shape index (κ2) is 7.36. The van der Waals surface area contributed by atoms with E-state index < -0.39 is 0 Å². The summed E-state index contributed by atoms with van der Waals surface area (Å²) in [5, 5.41) is 3.46. The molecule has 4 nitrogen and oxygen atoms in total. The summed E-state index contributed by atoms with van der Waals surface area (Å²) >= 11 is 3.50. The van der Waals surface area contributed by atoms with Crippen LogP contribution >= 0.6 is 15.9 Å². The summed E-state index contributed by atoms with van der Waals surface area (Å²) in [7, 11) is 1.61. The van der Waals surface area contributed by atoms with E-state index in [0.29, 0.717) is 5.88 Å². The van der Waals surface area contributed by atoms with Gasteiger partial charge in [0, 0.05) is 10.5 Å². The van der Waals surface area contributed by atoms with Crippen molar-refractivity contribution in [2.75, 3.05) is 13.7 Å². The minimum atomic E-state index is 0.145. The number of ether oxygens (including phenoxy) is 1. The number of nitrogens with one attached hydrogen (secondary N) is 1. The molecule has 1 heterocycles. The average Bonchev–Trinajstić information content (AvgIpc) is 2.47. The molecule has 20 heavy (non-hydrogen) atoms.